The SMILES string of the molecule is Cc1cc(C(=O)OCC(=O)N[C@H]2CCCc3ccccc32)c(C)n1C1CC1. The quantitative estimate of drug-likeness (QED) is 0.819. The highest BCUT2D eigenvalue weighted by Gasteiger charge is 2.29. The first-order valence-electron chi connectivity index (χ1n) is 9.77. The molecule has 5 nitrogen and oxygen atoms in total. The van der Waals surface area contributed by atoms with E-state index in [1.165, 1.54) is 11.1 Å². The summed E-state index contributed by atoms with van der Waals surface area (Å²) in [6.07, 6.45) is 5.34. The van der Waals surface area contributed by atoms with Crippen LogP contribution in [0.1, 0.15) is 70.6 Å². The normalized spacial score (nSPS) is 18.7. The van der Waals surface area contributed by atoms with E-state index >= 15 is 0 Å². The van der Waals surface area contributed by atoms with E-state index in [0.29, 0.717) is 11.6 Å². The van der Waals surface area contributed by atoms with Gasteiger partial charge in [-0.25, -0.2) is 4.79 Å². The van der Waals surface area contributed by atoms with Gasteiger partial charge in [0.2, 0.25) is 0 Å². The molecule has 0 saturated heterocycles. The minimum Gasteiger partial charge on any atom is -0.452 e. The summed E-state index contributed by atoms with van der Waals surface area (Å²) in [5, 5.41) is 3.02. The number of fused-ring (bicyclic) bond motifs is 1. The zero-order valence-corrected chi connectivity index (χ0v) is 16.0. The van der Waals surface area contributed by atoms with Crippen LogP contribution in [0.25, 0.3) is 0 Å². The first-order chi connectivity index (χ1) is 13.0. The van der Waals surface area contributed by atoms with Gasteiger partial charge in [-0.05, 0) is 63.1 Å². The van der Waals surface area contributed by atoms with Crippen LogP contribution in [0.5, 0.6) is 0 Å². The Hall–Kier alpha value is -2.56. The molecule has 1 fully saturated rings. The number of nitrogens with zero attached hydrogens (tertiary/aromatic N) is 1. The number of amides is 1. The van der Waals surface area contributed by atoms with Crippen LogP contribution >= 0.6 is 0 Å². The molecule has 2 aliphatic carbocycles. The molecule has 5 heteroatoms. The molecule has 0 aliphatic heterocycles. The number of esters is 1. The van der Waals surface area contributed by atoms with E-state index in [4.69, 9.17) is 4.74 Å². The van der Waals surface area contributed by atoms with E-state index in [9.17, 15) is 9.59 Å². The molecular formula is C22H26N2O3. The standard InChI is InChI=1S/C22H26N2O3/c1-14-12-19(15(2)24(14)17-10-11-17)22(26)27-13-21(25)23-20-9-5-7-16-6-3-4-8-18(16)20/h3-4,6,8,12,17,20H,5,7,9-11,13H2,1-2H3,(H,23,25)/t20-/m0/s1. The molecule has 2 aliphatic rings. The Morgan fingerprint density at radius 3 is 2.74 bits per heavy atom. The van der Waals surface area contributed by atoms with Gasteiger partial charge in [-0.15, -0.1) is 0 Å². The van der Waals surface area contributed by atoms with Crippen LogP contribution in [-0.4, -0.2) is 23.1 Å². The first-order valence-corrected chi connectivity index (χ1v) is 9.77. The minimum absolute atomic E-state index is 0.00100. The Morgan fingerprint density at radius 2 is 1.96 bits per heavy atom. The number of hydrogen-bond donors (Lipinski definition) is 1. The van der Waals surface area contributed by atoms with E-state index in [1.807, 2.05) is 32.0 Å². The maximum Gasteiger partial charge on any atom is 0.340 e. The van der Waals surface area contributed by atoms with Crippen LogP contribution in [0.3, 0.4) is 0 Å². The Bertz CT molecular complexity index is 880. The number of carbonyl (C=O) groups excluding carboxylic acids is 2. The van der Waals surface area contributed by atoms with Crippen molar-refractivity contribution >= 4 is 11.9 Å². The summed E-state index contributed by atoms with van der Waals surface area (Å²) >= 11 is 0. The lowest BCUT2D eigenvalue weighted by atomic mass is 9.88. The van der Waals surface area contributed by atoms with Gasteiger partial charge in [0.1, 0.15) is 0 Å². The fourth-order valence-electron chi connectivity index (χ4n) is 4.23. The Balaban J connectivity index is 1.36. The van der Waals surface area contributed by atoms with Crippen LogP contribution in [0.4, 0.5) is 0 Å². The summed E-state index contributed by atoms with van der Waals surface area (Å²) in [7, 11) is 0. The smallest absolute Gasteiger partial charge is 0.340 e. The lowest BCUT2D eigenvalue weighted by Gasteiger charge is -2.26. The molecule has 1 aromatic heterocycles. The average Bonchev–Trinajstić information content (AvgIpc) is 3.45. The second-order valence-corrected chi connectivity index (χ2v) is 7.67. The van der Waals surface area contributed by atoms with Crippen molar-refractivity contribution in [2.45, 2.75) is 58.0 Å². The van der Waals surface area contributed by atoms with Gasteiger partial charge in [-0.2, -0.15) is 0 Å². The lowest BCUT2D eigenvalue weighted by Crippen LogP contribution is -2.34. The van der Waals surface area contributed by atoms with Gasteiger partial charge in [-0.1, -0.05) is 24.3 Å². The third-order valence-corrected chi connectivity index (χ3v) is 5.66. The van der Waals surface area contributed by atoms with E-state index in [2.05, 4.69) is 22.0 Å². The second kappa shape index (κ2) is 7.22. The van der Waals surface area contributed by atoms with Gasteiger partial charge in [0.25, 0.3) is 5.91 Å². The van der Waals surface area contributed by atoms with Crippen molar-refractivity contribution in [3.8, 4) is 0 Å². The molecule has 0 spiro atoms. The highest BCUT2D eigenvalue weighted by Crippen LogP contribution is 2.38. The number of carbonyl (C=O) groups is 2. The van der Waals surface area contributed by atoms with E-state index in [0.717, 1.165) is 43.5 Å². The van der Waals surface area contributed by atoms with Gasteiger partial charge in [0, 0.05) is 17.4 Å². The third-order valence-electron chi connectivity index (χ3n) is 5.66. The third kappa shape index (κ3) is 3.64. The zero-order valence-electron chi connectivity index (χ0n) is 16.0. The number of aryl methyl sites for hydroxylation is 2. The number of ether oxygens (including phenoxy) is 1. The molecule has 2 aromatic rings. The molecule has 1 N–H and O–H groups in total. The summed E-state index contributed by atoms with van der Waals surface area (Å²) in [5.41, 5.74) is 5.04. The molecule has 27 heavy (non-hydrogen) atoms. The van der Waals surface area contributed by atoms with E-state index in [1.54, 1.807) is 0 Å². The molecule has 0 bridgehead atoms. The highest BCUT2D eigenvalue weighted by atomic mass is 16.5. The fraction of sp³-hybridized carbons (Fsp3) is 0.455. The van der Waals surface area contributed by atoms with Crippen molar-refractivity contribution in [3.63, 3.8) is 0 Å². The first kappa shape index (κ1) is 17.8. The second-order valence-electron chi connectivity index (χ2n) is 7.67. The summed E-state index contributed by atoms with van der Waals surface area (Å²) in [4.78, 5) is 24.8. The molecule has 1 heterocycles. The van der Waals surface area contributed by atoms with Crippen molar-refractivity contribution in [1.82, 2.24) is 9.88 Å². The number of rotatable bonds is 5. The maximum absolute atomic E-state index is 12.5. The Morgan fingerprint density at radius 1 is 1.19 bits per heavy atom. The predicted molar refractivity (Wildman–Crippen MR) is 103 cm³/mol. The van der Waals surface area contributed by atoms with Gasteiger partial charge in [0.15, 0.2) is 6.61 Å². The van der Waals surface area contributed by atoms with Crippen LogP contribution in [-0.2, 0) is 16.0 Å². The summed E-state index contributed by atoms with van der Waals surface area (Å²) < 4.78 is 7.51. The summed E-state index contributed by atoms with van der Waals surface area (Å²) in [6.45, 7) is 3.71. The molecule has 0 unspecified atom stereocenters. The molecular weight excluding hydrogens is 340 g/mol. The van der Waals surface area contributed by atoms with Crippen LogP contribution < -0.4 is 5.32 Å². The summed E-state index contributed by atoms with van der Waals surface area (Å²) in [5.74, 6) is -0.671. The molecule has 1 atom stereocenters. The number of aromatic nitrogens is 1. The monoisotopic (exact) mass is 366 g/mol. The Labute approximate surface area is 159 Å². The van der Waals surface area contributed by atoms with Crippen molar-refractivity contribution in [2.75, 3.05) is 6.61 Å². The molecule has 1 aromatic carbocycles. The zero-order chi connectivity index (χ0) is 19.0. The summed E-state index contributed by atoms with van der Waals surface area (Å²) in [6, 6.07) is 10.6. The van der Waals surface area contributed by atoms with Gasteiger partial charge >= 0.3 is 5.97 Å². The molecule has 4 rings (SSSR count). The largest absolute Gasteiger partial charge is 0.452 e. The predicted octanol–water partition coefficient (Wildman–Crippen LogP) is 3.79. The van der Waals surface area contributed by atoms with Crippen molar-refractivity contribution < 1.29 is 14.3 Å². The van der Waals surface area contributed by atoms with Gasteiger partial charge < -0.3 is 14.6 Å². The van der Waals surface area contributed by atoms with Crippen molar-refractivity contribution in [1.29, 1.82) is 0 Å². The maximum atomic E-state index is 12.5. The number of nitrogens with one attached hydrogen (secondary N) is 1. The van der Waals surface area contributed by atoms with E-state index < -0.39 is 5.97 Å². The fourth-order valence-corrected chi connectivity index (χ4v) is 4.23. The van der Waals surface area contributed by atoms with Crippen molar-refractivity contribution in [2.24, 2.45) is 0 Å². The van der Waals surface area contributed by atoms with Gasteiger partial charge in [0.05, 0.1) is 11.6 Å². The molecule has 1 saturated carbocycles. The van der Waals surface area contributed by atoms with E-state index in [-0.39, 0.29) is 18.6 Å². The van der Waals surface area contributed by atoms with Crippen LogP contribution in [0.2, 0.25) is 0 Å². The van der Waals surface area contributed by atoms with Crippen LogP contribution in [0, 0.1) is 13.8 Å². The molecule has 1 amide bonds. The topological polar surface area (TPSA) is 60.3 Å². The molecule has 142 valence electrons. The Kier molecular flexibility index (Phi) is 4.77. The van der Waals surface area contributed by atoms with Crippen LogP contribution in [0.15, 0.2) is 30.3 Å². The average molecular weight is 366 g/mol. The van der Waals surface area contributed by atoms with Crippen molar-refractivity contribution in [3.05, 3.63) is 58.4 Å². The highest BCUT2D eigenvalue weighted by molar-refractivity contribution is 5.92. The number of benzene rings is 1. The number of hydrogen-bond acceptors (Lipinski definition) is 3. The minimum atomic E-state index is -0.422. The van der Waals surface area contributed by atoms with Gasteiger partial charge in [-0.3, -0.25) is 4.79 Å². The lowest BCUT2D eigenvalue weighted by molar-refractivity contribution is -0.125. The molecule has 0 radical (unpaired) electrons.